The van der Waals surface area contributed by atoms with Crippen molar-refractivity contribution in [1.29, 1.82) is 0 Å². The summed E-state index contributed by atoms with van der Waals surface area (Å²) in [6.07, 6.45) is 3.04. The van der Waals surface area contributed by atoms with Crippen LogP contribution in [0, 0.1) is 5.92 Å². The van der Waals surface area contributed by atoms with Gasteiger partial charge in [0.2, 0.25) is 5.91 Å². The molecule has 1 aromatic rings. The number of carboxylic acids is 1. The van der Waals surface area contributed by atoms with E-state index in [2.05, 4.69) is 19.2 Å². The lowest BCUT2D eigenvalue weighted by atomic mass is 10.0. The molecule has 0 fully saturated rings. The smallest absolute Gasteiger partial charge is 0.326 e. The lowest BCUT2D eigenvalue weighted by Crippen LogP contribution is -2.43. The zero-order valence-corrected chi connectivity index (χ0v) is 13.0. The van der Waals surface area contributed by atoms with Crippen LogP contribution in [0.4, 0.5) is 0 Å². The van der Waals surface area contributed by atoms with Crippen LogP contribution in [-0.4, -0.2) is 23.0 Å². The van der Waals surface area contributed by atoms with E-state index >= 15 is 0 Å². The fourth-order valence-electron chi connectivity index (χ4n) is 1.88. The molecule has 1 rings (SSSR count). The molecule has 0 aliphatic carbocycles. The van der Waals surface area contributed by atoms with E-state index in [4.69, 9.17) is 5.11 Å². The van der Waals surface area contributed by atoms with Gasteiger partial charge in [0.05, 0.1) is 0 Å². The summed E-state index contributed by atoms with van der Waals surface area (Å²) in [5, 5.41) is 11.5. The van der Waals surface area contributed by atoms with Gasteiger partial charge in [-0.15, -0.1) is 0 Å². The number of carbonyl (C=O) groups excluding carboxylic acids is 1. The number of aliphatic carboxylic acids is 1. The van der Waals surface area contributed by atoms with Crippen molar-refractivity contribution >= 4 is 18.0 Å². The van der Waals surface area contributed by atoms with Gasteiger partial charge in [0.15, 0.2) is 0 Å². The normalized spacial score (nSPS) is 12.9. The number of carbonyl (C=O) groups is 2. The molecule has 0 saturated heterocycles. The second-order valence-electron chi connectivity index (χ2n) is 5.72. The minimum absolute atomic E-state index is 0.162. The second kappa shape index (κ2) is 7.62. The summed E-state index contributed by atoms with van der Waals surface area (Å²) < 4.78 is 0. The molecule has 1 atom stereocenters. The standard InChI is InChI=1S/C17H23NO3/c1-11(2)14-8-5-13(6-9-14)7-10-15(19)18-16(12(3)4)17(20)21/h5-12,16H,1-4H3,(H,18,19)(H,20,21)/b10-7+. The van der Waals surface area contributed by atoms with Gasteiger partial charge in [-0.2, -0.15) is 0 Å². The van der Waals surface area contributed by atoms with Gasteiger partial charge >= 0.3 is 5.97 Å². The highest BCUT2D eigenvalue weighted by atomic mass is 16.4. The minimum Gasteiger partial charge on any atom is -0.480 e. The lowest BCUT2D eigenvalue weighted by molar-refractivity contribution is -0.142. The first-order valence-corrected chi connectivity index (χ1v) is 7.12. The highest BCUT2D eigenvalue weighted by molar-refractivity contribution is 5.94. The van der Waals surface area contributed by atoms with E-state index < -0.39 is 17.9 Å². The monoisotopic (exact) mass is 289 g/mol. The summed E-state index contributed by atoms with van der Waals surface area (Å²) in [5.41, 5.74) is 2.15. The quantitative estimate of drug-likeness (QED) is 0.791. The molecule has 0 aliphatic rings. The summed E-state index contributed by atoms with van der Waals surface area (Å²) in [4.78, 5) is 22.8. The molecule has 1 aromatic carbocycles. The Hall–Kier alpha value is -2.10. The predicted molar refractivity (Wildman–Crippen MR) is 84.0 cm³/mol. The van der Waals surface area contributed by atoms with Gasteiger partial charge in [-0.05, 0) is 29.0 Å². The summed E-state index contributed by atoms with van der Waals surface area (Å²) in [5.74, 6) is -1.11. The number of carboxylic acid groups (broad SMARTS) is 1. The molecule has 0 aliphatic heterocycles. The second-order valence-corrected chi connectivity index (χ2v) is 5.72. The van der Waals surface area contributed by atoms with Crippen LogP contribution in [0.15, 0.2) is 30.3 Å². The Morgan fingerprint density at radius 2 is 1.67 bits per heavy atom. The van der Waals surface area contributed by atoms with Crippen molar-refractivity contribution in [2.24, 2.45) is 5.92 Å². The highest BCUT2D eigenvalue weighted by Crippen LogP contribution is 2.15. The van der Waals surface area contributed by atoms with Crippen LogP contribution in [0.3, 0.4) is 0 Å². The van der Waals surface area contributed by atoms with E-state index in [1.807, 2.05) is 24.3 Å². The first-order chi connectivity index (χ1) is 9.81. The maximum absolute atomic E-state index is 11.7. The zero-order valence-electron chi connectivity index (χ0n) is 13.0. The van der Waals surface area contributed by atoms with Crippen LogP contribution >= 0.6 is 0 Å². The highest BCUT2D eigenvalue weighted by Gasteiger charge is 2.22. The lowest BCUT2D eigenvalue weighted by Gasteiger charge is -2.16. The van der Waals surface area contributed by atoms with Crippen molar-refractivity contribution in [3.63, 3.8) is 0 Å². The Labute approximate surface area is 125 Å². The van der Waals surface area contributed by atoms with E-state index in [9.17, 15) is 9.59 Å². The molecule has 4 heteroatoms. The van der Waals surface area contributed by atoms with Crippen molar-refractivity contribution < 1.29 is 14.7 Å². The third-order valence-electron chi connectivity index (χ3n) is 3.26. The minimum atomic E-state index is -1.02. The van der Waals surface area contributed by atoms with E-state index in [0.717, 1.165) is 5.56 Å². The van der Waals surface area contributed by atoms with Crippen LogP contribution in [-0.2, 0) is 9.59 Å². The largest absolute Gasteiger partial charge is 0.480 e. The van der Waals surface area contributed by atoms with E-state index in [-0.39, 0.29) is 5.92 Å². The molecular formula is C17H23NO3. The van der Waals surface area contributed by atoms with Crippen molar-refractivity contribution in [3.8, 4) is 0 Å². The van der Waals surface area contributed by atoms with Crippen molar-refractivity contribution in [2.75, 3.05) is 0 Å². The third-order valence-corrected chi connectivity index (χ3v) is 3.26. The number of benzene rings is 1. The van der Waals surface area contributed by atoms with Crippen LogP contribution in [0.1, 0.15) is 44.7 Å². The van der Waals surface area contributed by atoms with Crippen molar-refractivity contribution in [2.45, 2.75) is 39.7 Å². The number of nitrogens with one attached hydrogen (secondary N) is 1. The van der Waals surface area contributed by atoms with Gasteiger partial charge in [0.25, 0.3) is 0 Å². The molecule has 1 amide bonds. The maximum atomic E-state index is 11.7. The average Bonchev–Trinajstić information content (AvgIpc) is 2.42. The summed E-state index contributed by atoms with van der Waals surface area (Å²) in [7, 11) is 0. The van der Waals surface area contributed by atoms with Crippen molar-refractivity contribution in [3.05, 3.63) is 41.5 Å². The van der Waals surface area contributed by atoms with Crippen molar-refractivity contribution in [1.82, 2.24) is 5.32 Å². The maximum Gasteiger partial charge on any atom is 0.326 e. The Morgan fingerprint density at radius 3 is 2.10 bits per heavy atom. The molecule has 0 aromatic heterocycles. The number of hydrogen-bond acceptors (Lipinski definition) is 2. The number of hydrogen-bond donors (Lipinski definition) is 2. The fraction of sp³-hybridized carbons (Fsp3) is 0.412. The molecule has 0 radical (unpaired) electrons. The first-order valence-electron chi connectivity index (χ1n) is 7.12. The molecule has 114 valence electrons. The molecule has 4 nitrogen and oxygen atoms in total. The number of amides is 1. The molecule has 0 saturated carbocycles. The van der Waals surface area contributed by atoms with Gasteiger partial charge < -0.3 is 10.4 Å². The fourth-order valence-corrected chi connectivity index (χ4v) is 1.88. The Bertz CT molecular complexity index is 515. The molecule has 1 unspecified atom stereocenters. The molecule has 0 spiro atoms. The van der Waals surface area contributed by atoms with Crippen LogP contribution in [0.5, 0.6) is 0 Å². The zero-order chi connectivity index (χ0) is 16.0. The van der Waals surface area contributed by atoms with Gasteiger partial charge in [0, 0.05) is 6.08 Å². The third kappa shape index (κ3) is 5.42. The first kappa shape index (κ1) is 17.0. The summed E-state index contributed by atoms with van der Waals surface area (Å²) in [6, 6.07) is 7.06. The summed E-state index contributed by atoms with van der Waals surface area (Å²) >= 11 is 0. The Kier molecular flexibility index (Phi) is 6.15. The molecule has 0 bridgehead atoms. The van der Waals surface area contributed by atoms with E-state index in [1.165, 1.54) is 11.6 Å². The van der Waals surface area contributed by atoms with Crippen LogP contribution in [0.25, 0.3) is 6.08 Å². The predicted octanol–water partition coefficient (Wildman–Crippen LogP) is 3.05. The molecular weight excluding hydrogens is 266 g/mol. The molecule has 0 heterocycles. The van der Waals surface area contributed by atoms with Crippen LogP contribution < -0.4 is 5.32 Å². The number of rotatable bonds is 6. The van der Waals surface area contributed by atoms with Gasteiger partial charge in [-0.3, -0.25) is 4.79 Å². The van der Waals surface area contributed by atoms with E-state index in [1.54, 1.807) is 19.9 Å². The SMILES string of the molecule is CC(C)c1ccc(/C=C/C(=O)NC(C(=O)O)C(C)C)cc1. The Morgan fingerprint density at radius 1 is 1.10 bits per heavy atom. The van der Waals surface area contributed by atoms with E-state index in [0.29, 0.717) is 5.92 Å². The topological polar surface area (TPSA) is 66.4 Å². The van der Waals surface area contributed by atoms with Gasteiger partial charge in [0.1, 0.15) is 6.04 Å². The summed E-state index contributed by atoms with van der Waals surface area (Å²) in [6.45, 7) is 7.76. The molecule has 2 N–H and O–H groups in total. The van der Waals surface area contributed by atoms with Gasteiger partial charge in [-0.1, -0.05) is 52.0 Å². The van der Waals surface area contributed by atoms with Crippen LogP contribution in [0.2, 0.25) is 0 Å². The average molecular weight is 289 g/mol. The Balaban J connectivity index is 2.67. The molecule has 21 heavy (non-hydrogen) atoms. The van der Waals surface area contributed by atoms with Gasteiger partial charge in [-0.25, -0.2) is 4.79 Å².